The van der Waals surface area contributed by atoms with Crippen LogP contribution in [0.2, 0.25) is 0 Å². The van der Waals surface area contributed by atoms with Crippen molar-refractivity contribution in [1.29, 1.82) is 0 Å². The van der Waals surface area contributed by atoms with Crippen LogP contribution in [-0.2, 0) is 31.5 Å². The molecule has 0 aliphatic carbocycles. The number of hydrogen-bond acceptors (Lipinski definition) is 6. The molecule has 1 fully saturated rings. The van der Waals surface area contributed by atoms with E-state index in [-0.39, 0.29) is 17.2 Å². The first-order valence-electron chi connectivity index (χ1n) is 10.6. The molecule has 2 aliphatic rings. The second-order valence-electron chi connectivity index (χ2n) is 7.88. The Bertz CT molecular complexity index is 1130. The summed E-state index contributed by atoms with van der Waals surface area (Å²) in [5.74, 6) is 0.00130. The van der Waals surface area contributed by atoms with Gasteiger partial charge in [0, 0.05) is 18.4 Å². The Morgan fingerprint density at radius 3 is 2.38 bits per heavy atom. The number of anilines is 1. The van der Waals surface area contributed by atoms with Crippen LogP contribution in [0.25, 0.3) is 0 Å². The molecule has 12 heteroatoms. The highest BCUT2D eigenvalue weighted by Crippen LogP contribution is 2.51. The summed E-state index contributed by atoms with van der Waals surface area (Å²) < 4.78 is 90.1. The maximum atomic E-state index is 12.9. The molecule has 0 atom stereocenters. The largest absolute Gasteiger partial charge is 0.486 e. The van der Waals surface area contributed by atoms with Crippen molar-refractivity contribution in [2.45, 2.75) is 49.3 Å². The first-order valence-corrected chi connectivity index (χ1v) is 12.6. The zero-order valence-electron chi connectivity index (χ0n) is 18.2. The fraction of sp³-hybridized carbons (Fsp3) is 0.455. The van der Waals surface area contributed by atoms with E-state index in [1.807, 2.05) is 0 Å². The average molecular weight is 522 g/mol. The fourth-order valence-corrected chi connectivity index (χ4v) is 5.14. The molecule has 2 aromatic carbocycles. The van der Waals surface area contributed by atoms with Gasteiger partial charge in [0.1, 0.15) is 13.2 Å². The molecule has 0 unspecified atom stereocenters. The Hall–Kier alpha value is -2.21. The van der Waals surface area contributed by atoms with Crippen LogP contribution >= 0.6 is 11.6 Å². The van der Waals surface area contributed by atoms with Gasteiger partial charge >= 0.3 is 6.18 Å². The molecular formula is C22H23ClF3NO6S. The van der Waals surface area contributed by atoms with Crippen LogP contribution in [0.3, 0.4) is 0 Å². The smallest absolute Gasteiger partial charge is 0.416 e. The summed E-state index contributed by atoms with van der Waals surface area (Å²) in [6.45, 7) is 2.30. The van der Waals surface area contributed by atoms with Gasteiger partial charge in [-0.1, -0.05) is 0 Å². The molecular weight excluding hydrogens is 499 g/mol. The van der Waals surface area contributed by atoms with Gasteiger partial charge in [-0.15, -0.1) is 11.6 Å². The van der Waals surface area contributed by atoms with Crippen LogP contribution in [-0.4, -0.2) is 33.8 Å². The number of sulfonamides is 1. The lowest BCUT2D eigenvalue weighted by molar-refractivity contribution is -0.459. The van der Waals surface area contributed by atoms with Crippen LogP contribution < -0.4 is 14.2 Å². The lowest BCUT2D eigenvalue weighted by Crippen LogP contribution is -2.50. The molecule has 2 aliphatic heterocycles. The average Bonchev–Trinajstić information content (AvgIpc) is 2.76. The van der Waals surface area contributed by atoms with Crippen molar-refractivity contribution in [3.8, 4) is 11.5 Å². The number of benzene rings is 2. The summed E-state index contributed by atoms with van der Waals surface area (Å²) in [7, 11) is -4.20. The molecule has 0 radical (unpaired) electrons. The third-order valence-electron chi connectivity index (χ3n) is 5.40. The van der Waals surface area contributed by atoms with Crippen LogP contribution in [0.1, 0.15) is 37.3 Å². The van der Waals surface area contributed by atoms with E-state index in [0.717, 1.165) is 18.6 Å². The number of ether oxygens (including phenoxy) is 4. The summed E-state index contributed by atoms with van der Waals surface area (Å²) in [5.41, 5.74) is -0.356. The summed E-state index contributed by atoms with van der Waals surface area (Å²) in [4.78, 5) is -0.321. The van der Waals surface area contributed by atoms with Crippen molar-refractivity contribution >= 4 is 27.3 Å². The van der Waals surface area contributed by atoms with Gasteiger partial charge in [-0.05, 0) is 50.1 Å². The van der Waals surface area contributed by atoms with Crippen molar-refractivity contribution in [2.24, 2.45) is 0 Å². The number of alkyl halides is 4. The molecule has 4 rings (SSSR count). The van der Waals surface area contributed by atoms with Crippen molar-refractivity contribution < 1.29 is 40.5 Å². The molecule has 1 N–H and O–H groups in total. The summed E-state index contributed by atoms with van der Waals surface area (Å²) in [6.07, 6.45) is -3.17. The molecule has 7 nitrogen and oxygen atoms in total. The third-order valence-corrected chi connectivity index (χ3v) is 7.06. The van der Waals surface area contributed by atoms with Gasteiger partial charge in [0.2, 0.25) is 5.79 Å². The SMILES string of the molecule is CC1OC(CCCCCl)(c2cc(NS(=O)(=O)c3ccc(C(F)(F)F)cc3)cc3c2OCCO3)O1. The number of unbranched alkanes of at least 4 members (excludes halogenated alkanes) is 1. The number of nitrogens with one attached hydrogen (secondary N) is 1. The molecule has 0 saturated carbocycles. The minimum Gasteiger partial charge on any atom is -0.486 e. The van der Waals surface area contributed by atoms with E-state index in [9.17, 15) is 21.6 Å². The highest BCUT2D eigenvalue weighted by atomic mass is 35.5. The summed E-state index contributed by atoms with van der Waals surface area (Å²) in [5, 5.41) is 0. The number of fused-ring (bicyclic) bond motifs is 1. The van der Waals surface area contributed by atoms with E-state index in [1.165, 1.54) is 12.1 Å². The Labute approximate surface area is 200 Å². The van der Waals surface area contributed by atoms with Gasteiger partial charge in [-0.3, -0.25) is 4.72 Å². The first kappa shape index (κ1) is 24.9. The normalized spacial score (nSPS) is 22.2. The summed E-state index contributed by atoms with van der Waals surface area (Å²) >= 11 is 5.81. The molecule has 34 heavy (non-hydrogen) atoms. The molecule has 0 bridgehead atoms. The van der Waals surface area contributed by atoms with Crippen LogP contribution in [0.15, 0.2) is 41.3 Å². The van der Waals surface area contributed by atoms with E-state index in [2.05, 4.69) is 4.72 Å². The Morgan fingerprint density at radius 1 is 1.09 bits per heavy atom. The van der Waals surface area contributed by atoms with E-state index in [0.29, 0.717) is 54.5 Å². The molecule has 2 aromatic rings. The number of rotatable bonds is 8. The zero-order valence-corrected chi connectivity index (χ0v) is 19.7. The molecule has 186 valence electrons. The lowest BCUT2D eigenvalue weighted by atomic mass is 9.95. The highest BCUT2D eigenvalue weighted by Gasteiger charge is 2.49. The van der Waals surface area contributed by atoms with Gasteiger partial charge in [0.15, 0.2) is 17.8 Å². The van der Waals surface area contributed by atoms with Crippen LogP contribution in [0.5, 0.6) is 11.5 Å². The van der Waals surface area contributed by atoms with Crippen LogP contribution in [0, 0.1) is 0 Å². The molecule has 0 spiro atoms. The van der Waals surface area contributed by atoms with Gasteiger partial charge in [-0.25, -0.2) is 8.42 Å². The van der Waals surface area contributed by atoms with Crippen LogP contribution in [0.4, 0.5) is 18.9 Å². The Balaban J connectivity index is 1.68. The maximum Gasteiger partial charge on any atom is 0.416 e. The van der Waals surface area contributed by atoms with Crippen molar-refractivity contribution in [3.05, 3.63) is 47.5 Å². The second-order valence-corrected chi connectivity index (χ2v) is 9.94. The summed E-state index contributed by atoms with van der Waals surface area (Å²) in [6, 6.07) is 6.21. The van der Waals surface area contributed by atoms with E-state index >= 15 is 0 Å². The minimum absolute atomic E-state index is 0.127. The molecule has 0 amide bonds. The van der Waals surface area contributed by atoms with Gasteiger partial charge in [0.05, 0.1) is 21.7 Å². The quantitative estimate of drug-likeness (QED) is 0.378. The van der Waals surface area contributed by atoms with Crippen molar-refractivity contribution in [2.75, 3.05) is 23.8 Å². The predicted octanol–water partition coefficient (Wildman–Crippen LogP) is 5.23. The topological polar surface area (TPSA) is 83.1 Å². The standard InChI is InChI=1S/C22H23ClF3NO6S/c1-14-32-21(33-14,8-2-3-9-23)18-12-16(13-19-20(18)31-11-10-30-19)27-34(28,29)17-6-4-15(5-7-17)22(24,25)26/h4-7,12-14,27H,2-3,8-11H2,1H3. The van der Waals surface area contributed by atoms with Gasteiger partial charge < -0.3 is 18.9 Å². The Kier molecular flexibility index (Phi) is 6.92. The molecule has 0 aromatic heterocycles. The fourth-order valence-electron chi connectivity index (χ4n) is 3.91. The van der Waals surface area contributed by atoms with E-state index in [1.54, 1.807) is 6.92 Å². The highest BCUT2D eigenvalue weighted by molar-refractivity contribution is 7.92. The minimum atomic E-state index is -4.57. The zero-order chi connectivity index (χ0) is 24.6. The Morgan fingerprint density at radius 2 is 1.76 bits per heavy atom. The van der Waals surface area contributed by atoms with Gasteiger partial charge in [0.25, 0.3) is 10.0 Å². The number of halogens is 4. The van der Waals surface area contributed by atoms with Gasteiger partial charge in [-0.2, -0.15) is 13.2 Å². The predicted molar refractivity (Wildman–Crippen MR) is 118 cm³/mol. The van der Waals surface area contributed by atoms with E-state index in [4.69, 9.17) is 30.5 Å². The lowest BCUT2D eigenvalue weighted by Gasteiger charge is -2.47. The van der Waals surface area contributed by atoms with Crippen molar-refractivity contribution in [3.63, 3.8) is 0 Å². The van der Waals surface area contributed by atoms with E-state index < -0.39 is 33.8 Å². The van der Waals surface area contributed by atoms with Crippen molar-refractivity contribution in [1.82, 2.24) is 0 Å². The molecule has 1 saturated heterocycles. The monoisotopic (exact) mass is 521 g/mol. The number of hydrogen-bond donors (Lipinski definition) is 1. The molecule has 2 heterocycles. The first-order chi connectivity index (χ1) is 16.0. The third kappa shape index (κ3) is 5.07. The maximum absolute atomic E-state index is 12.9. The second kappa shape index (κ2) is 9.44.